The first-order chi connectivity index (χ1) is 43.3. The minimum atomic E-state index is -1.98. The predicted octanol–water partition coefficient (Wildman–Crippen LogP) is 9.83. The standard InChI is InChI=1S/C70H131NO18/c1-3-5-7-9-11-13-15-17-18-19-20-21-22-23-24-25-26-27-28-29-30-31-32-33-34-36-37-39-41-43-45-47-54(75)53(71-58(76)48-46-44-42-40-38-35-16-14-12-10-8-6-4-2)52-84-68-64(82)61(79)66(56(50-73)86-68)89-70-65(83)62(80)67(57(51-74)87-70)88-69-63(81)60(78)59(77)55(49-72)85-69/h37,39,45,47,53-57,59-70,72-75,77-83H,3-36,38,40-44,46,48-52H2,1-2H3,(H,71,76)/b39-37+,47-45+. The number of carbonyl (C=O) groups is 1. The van der Waals surface area contributed by atoms with Crippen LogP contribution in [0.4, 0.5) is 0 Å². The van der Waals surface area contributed by atoms with Crippen molar-refractivity contribution in [3.05, 3.63) is 24.3 Å². The summed E-state index contributed by atoms with van der Waals surface area (Å²) in [6.45, 7) is 1.74. The third-order valence-corrected chi connectivity index (χ3v) is 18.3. The van der Waals surface area contributed by atoms with E-state index in [1.165, 1.54) is 212 Å². The van der Waals surface area contributed by atoms with Crippen LogP contribution in [-0.4, -0.2) is 193 Å². The molecule has 89 heavy (non-hydrogen) atoms. The largest absolute Gasteiger partial charge is 0.394 e. The number of hydrogen-bond donors (Lipinski definition) is 12. The molecular formula is C70H131NO18. The monoisotopic (exact) mass is 1270 g/mol. The van der Waals surface area contributed by atoms with Crippen LogP contribution in [0.5, 0.6) is 0 Å². The van der Waals surface area contributed by atoms with Crippen LogP contribution in [0.2, 0.25) is 0 Å². The topological polar surface area (TPSA) is 307 Å². The van der Waals surface area contributed by atoms with Gasteiger partial charge in [-0.2, -0.15) is 0 Å². The van der Waals surface area contributed by atoms with Crippen molar-refractivity contribution in [2.45, 2.75) is 388 Å². The van der Waals surface area contributed by atoms with Crippen LogP contribution in [0.15, 0.2) is 24.3 Å². The van der Waals surface area contributed by atoms with Gasteiger partial charge in [0, 0.05) is 6.42 Å². The molecule has 0 aromatic carbocycles. The Balaban J connectivity index is 1.39. The van der Waals surface area contributed by atoms with E-state index in [4.69, 9.17) is 28.4 Å². The van der Waals surface area contributed by atoms with Gasteiger partial charge >= 0.3 is 0 Å². The van der Waals surface area contributed by atoms with E-state index in [1.807, 2.05) is 6.08 Å². The van der Waals surface area contributed by atoms with E-state index in [1.54, 1.807) is 6.08 Å². The van der Waals surface area contributed by atoms with E-state index in [9.17, 15) is 61.0 Å². The Hall–Kier alpha value is -1.73. The third-order valence-electron chi connectivity index (χ3n) is 18.3. The number of rotatable bonds is 56. The average molecular weight is 1270 g/mol. The molecule has 0 aliphatic carbocycles. The van der Waals surface area contributed by atoms with Crippen LogP contribution in [0.1, 0.15) is 284 Å². The number of nitrogens with one attached hydrogen (secondary N) is 1. The smallest absolute Gasteiger partial charge is 0.220 e. The molecule has 3 rings (SSSR count). The third kappa shape index (κ3) is 34.5. The van der Waals surface area contributed by atoms with Gasteiger partial charge in [-0.15, -0.1) is 0 Å². The number of unbranched alkanes of at least 4 members (excludes halogenated alkanes) is 38. The quantitative estimate of drug-likeness (QED) is 0.0199. The van der Waals surface area contributed by atoms with Crippen LogP contribution < -0.4 is 5.32 Å². The Labute approximate surface area is 537 Å². The van der Waals surface area contributed by atoms with Gasteiger partial charge in [-0.25, -0.2) is 0 Å². The summed E-state index contributed by atoms with van der Waals surface area (Å²) in [5, 5.41) is 120. The van der Waals surface area contributed by atoms with Gasteiger partial charge in [0.05, 0.1) is 38.6 Å². The maximum absolute atomic E-state index is 13.4. The fraction of sp³-hybridized carbons (Fsp3) is 0.929. The molecule has 0 bridgehead atoms. The summed E-state index contributed by atoms with van der Waals surface area (Å²) in [6, 6.07) is -0.986. The van der Waals surface area contributed by atoms with E-state index in [-0.39, 0.29) is 18.9 Å². The summed E-state index contributed by atoms with van der Waals surface area (Å²) in [5.74, 6) is -0.282. The molecule has 3 heterocycles. The fourth-order valence-electron chi connectivity index (χ4n) is 12.4. The highest BCUT2D eigenvalue weighted by Gasteiger charge is 2.53. The second-order valence-electron chi connectivity index (χ2n) is 26.1. The summed E-state index contributed by atoms with van der Waals surface area (Å²) in [7, 11) is 0. The number of aliphatic hydroxyl groups excluding tert-OH is 11. The molecule has 0 aromatic heterocycles. The van der Waals surface area contributed by atoms with Crippen molar-refractivity contribution in [3.8, 4) is 0 Å². The predicted molar refractivity (Wildman–Crippen MR) is 346 cm³/mol. The first-order valence-corrected chi connectivity index (χ1v) is 36.1. The molecule has 0 saturated carbocycles. The molecule has 17 atom stereocenters. The van der Waals surface area contributed by atoms with E-state index in [2.05, 4.69) is 31.3 Å². The zero-order valence-electron chi connectivity index (χ0n) is 55.4. The highest BCUT2D eigenvalue weighted by molar-refractivity contribution is 5.76. The van der Waals surface area contributed by atoms with Crippen molar-refractivity contribution in [1.82, 2.24) is 5.32 Å². The minimum Gasteiger partial charge on any atom is -0.394 e. The summed E-state index contributed by atoms with van der Waals surface area (Å²) < 4.78 is 34.3. The van der Waals surface area contributed by atoms with E-state index < -0.39 is 124 Å². The highest BCUT2D eigenvalue weighted by atomic mass is 16.8. The lowest BCUT2D eigenvalue weighted by molar-refractivity contribution is -0.379. The lowest BCUT2D eigenvalue weighted by atomic mass is 9.96. The van der Waals surface area contributed by atoms with Crippen LogP contribution in [0.3, 0.4) is 0 Å². The normalized spacial score (nSPS) is 28.3. The molecule has 3 aliphatic heterocycles. The maximum Gasteiger partial charge on any atom is 0.220 e. The molecule has 1 amide bonds. The molecule has 19 nitrogen and oxygen atoms in total. The van der Waals surface area contributed by atoms with Gasteiger partial charge in [-0.3, -0.25) is 4.79 Å². The maximum atomic E-state index is 13.4. The van der Waals surface area contributed by atoms with E-state index in [0.717, 1.165) is 38.5 Å². The van der Waals surface area contributed by atoms with Gasteiger partial charge in [0.1, 0.15) is 73.2 Å². The van der Waals surface area contributed by atoms with Crippen LogP contribution in [0.25, 0.3) is 0 Å². The van der Waals surface area contributed by atoms with Gasteiger partial charge in [0.2, 0.25) is 5.91 Å². The summed E-state index contributed by atoms with van der Waals surface area (Å²) in [5.41, 5.74) is 0. The molecule has 3 aliphatic rings. The Morgan fingerprint density at radius 2 is 0.719 bits per heavy atom. The Bertz CT molecular complexity index is 1710. The number of ether oxygens (including phenoxy) is 6. The van der Waals surface area contributed by atoms with Gasteiger partial charge in [0.15, 0.2) is 18.9 Å². The summed E-state index contributed by atoms with van der Waals surface area (Å²) in [4.78, 5) is 13.4. The molecule has 0 spiro atoms. The highest BCUT2D eigenvalue weighted by Crippen LogP contribution is 2.33. The number of carbonyl (C=O) groups excluding carboxylic acids is 1. The minimum absolute atomic E-state index is 0.240. The second-order valence-corrected chi connectivity index (χ2v) is 26.1. The van der Waals surface area contributed by atoms with Crippen molar-refractivity contribution in [2.24, 2.45) is 0 Å². The molecular weight excluding hydrogens is 1140 g/mol. The molecule has 12 N–H and O–H groups in total. The molecule has 17 unspecified atom stereocenters. The first kappa shape index (κ1) is 81.5. The first-order valence-electron chi connectivity index (χ1n) is 36.1. The zero-order valence-corrected chi connectivity index (χ0v) is 55.4. The lowest BCUT2D eigenvalue weighted by Crippen LogP contribution is -2.66. The van der Waals surface area contributed by atoms with Gasteiger partial charge in [-0.05, 0) is 32.1 Å². The molecule has 19 heteroatoms. The van der Waals surface area contributed by atoms with Crippen LogP contribution >= 0.6 is 0 Å². The molecule has 3 saturated heterocycles. The average Bonchev–Trinajstić information content (AvgIpc) is 2.30. The number of amides is 1. The van der Waals surface area contributed by atoms with Crippen molar-refractivity contribution in [2.75, 3.05) is 26.4 Å². The number of allylic oxidation sites excluding steroid dienone is 3. The summed E-state index contributed by atoms with van der Waals surface area (Å²) >= 11 is 0. The van der Waals surface area contributed by atoms with Crippen LogP contribution in [0, 0.1) is 0 Å². The molecule has 0 aromatic rings. The number of hydrogen-bond acceptors (Lipinski definition) is 18. The van der Waals surface area contributed by atoms with E-state index >= 15 is 0 Å². The van der Waals surface area contributed by atoms with Crippen molar-refractivity contribution < 1.29 is 89.4 Å². The Morgan fingerprint density at radius 1 is 0.393 bits per heavy atom. The van der Waals surface area contributed by atoms with Crippen LogP contribution in [-0.2, 0) is 33.2 Å². The van der Waals surface area contributed by atoms with Gasteiger partial charge in [0.25, 0.3) is 0 Å². The lowest BCUT2D eigenvalue weighted by Gasteiger charge is -2.48. The molecule has 3 fully saturated rings. The van der Waals surface area contributed by atoms with Gasteiger partial charge < -0.3 is 89.9 Å². The number of aliphatic hydroxyl groups is 11. The molecule has 524 valence electrons. The zero-order chi connectivity index (χ0) is 64.7. The van der Waals surface area contributed by atoms with Crippen molar-refractivity contribution in [1.29, 1.82) is 0 Å². The van der Waals surface area contributed by atoms with Gasteiger partial charge in [-0.1, -0.05) is 269 Å². The Morgan fingerprint density at radius 3 is 1.12 bits per heavy atom. The Kier molecular flexibility index (Phi) is 48.1. The van der Waals surface area contributed by atoms with Crippen molar-refractivity contribution in [3.63, 3.8) is 0 Å². The molecule has 0 radical (unpaired) electrons. The van der Waals surface area contributed by atoms with Crippen molar-refractivity contribution >= 4 is 5.91 Å². The summed E-state index contributed by atoms with van der Waals surface area (Å²) in [6.07, 6.45) is 33.3. The second kappa shape index (κ2) is 52.5. The fourth-order valence-corrected chi connectivity index (χ4v) is 12.4. The SMILES string of the molecule is CCCCCCCCCCCCCCCCCCCCCCCCCCC/C=C/CC/C=C/C(O)C(COC1OC(CO)C(OC2OC(CO)C(OC3OC(CO)C(O)C(O)C3O)C(O)C2O)C(O)C1O)NC(=O)CCCCCCCCCCCCCCC. The van der Waals surface area contributed by atoms with E-state index in [0.29, 0.717) is 12.8 Å².